The van der Waals surface area contributed by atoms with Crippen molar-refractivity contribution in [3.8, 4) is 12.3 Å². The fraction of sp³-hybridized carbons (Fsp3) is 0.462. The highest BCUT2D eigenvalue weighted by Gasteiger charge is 2.20. The third-order valence-corrected chi connectivity index (χ3v) is 3.06. The van der Waals surface area contributed by atoms with Gasteiger partial charge in [-0.15, -0.1) is 17.8 Å². The second kappa shape index (κ2) is 7.54. The Morgan fingerprint density at radius 1 is 1.53 bits per heavy atom. The summed E-state index contributed by atoms with van der Waals surface area (Å²) in [5.74, 6) is 1.68. The molecule has 5 nitrogen and oxygen atoms in total. The summed E-state index contributed by atoms with van der Waals surface area (Å²) < 4.78 is 4.83. The Bertz CT molecular complexity index is 490. The number of ether oxygens (including phenoxy) is 1. The molecule has 0 unspecified atom stereocenters. The van der Waals surface area contributed by atoms with Gasteiger partial charge >= 0.3 is 5.97 Å². The summed E-state index contributed by atoms with van der Waals surface area (Å²) in [6.07, 6.45) is 6.04. The summed E-state index contributed by atoms with van der Waals surface area (Å²) in [6.45, 7) is 4.75. The molecule has 1 aromatic rings. The highest BCUT2D eigenvalue weighted by atomic mass is 32.1. The van der Waals surface area contributed by atoms with Crippen LogP contribution < -0.4 is 0 Å². The first-order valence-corrected chi connectivity index (χ1v) is 6.87. The number of hydrogen-bond donors (Lipinski definition) is 0. The van der Waals surface area contributed by atoms with E-state index in [0.717, 1.165) is 17.8 Å². The molecule has 6 heteroatoms. The van der Waals surface area contributed by atoms with Crippen LogP contribution in [-0.2, 0) is 4.74 Å². The van der Waals surface area contributed by atoms with E-state index in [0.29, 0.717) is 6.54 Å². The van der Waals surface area contributed by atoms with E-state index in [1.54, 1.807) is 12.3 Å². The predicted octanol–water partition coefficient (Wildman–Crippen LogP) is 1.81. The number of aromatic nitrogens is 1. The van der Waals surface area contributed by atoms with Crippen molar-refractivity contribution < 1.29 is 14.3 Å². The Labute approximate surface area is 116 Å². The first kappa shape index (κ1) is 15.2. The quantitative estimate of drug-likeness (QED) is 0.589. The zero-order valence-electron chi connectivity index (χ0n) is 11.0. The van der Waals surface area contributed by atoms with E-state index in [4.69, 9.17) is 11.2 Å². The number of terminal acetylenes is 1. The number of nitrogens with zero attached hydrogens (tertiary/aromatic N) is 2. The van der Waals surface area contributed by atoms with Gasteiger partial charge in [-0.05, 0) is 13.3 Å². The van der Waals surface area contributed by atoms with Crippen molar-refractivity contribution >= 4 is 23.2 Å². The summed E-state index contributed by atoms with van der Waals surface area (Å²) in [5.41, 5.74) is 0.233. The summed E-state index contributed by atoms with van der Waals surface area (Å²) in [5, 5.41) is 1.73. The molecular weight excluding hydrogens is 264 g/mol. The number of thiazole rings is 1. The molecule has 1 amide bonds. The molecule has 0 saturated heterocycles. The Morgan fingerprint density at radius 2 is 2.26 bits per heavy atom. The molecule has 102 valence electrons. The van der Waals surface area contributed by atoms with Gasteiger partial charge in [-0.1, -0.05) is 12.8 Å². The number of esters is 1. The molecule has 0 aliphatic carbocycles. The maximum absolute atomic E-state index is 12.1. The lowest BCUT2D eigenvalue weighted by Crippen LogP contribution is -2.32. The molecule has 0 aromatic carbocycles. The molecule has 0 fully saturated rings. The van der Waals surface area contributed by atoms with Gasteiger partial charge in [0.25, 0.3) is 5.91 Å². The normalized spacial score (nSPS) is 9.74. The number of amides is 1. The second-order valence-corrected chi connectivity index (χ2v) is 4.55. The van der Waals surface area contributed by atoms with Gasteiger partial charge in [0.05, 0.1) is 13.2 Å². The first-order chi connectivity index (χ1) is 9.13. The lowest BCUT2D eigenvalue weighted by atomic mass is 10.3. The van der Waals surface area contributed by atoms with E-state index < -0.39 is 5.97 Å². The summed E-state index contributed by atoms with van der Waals surface area (Å²) in [7, 11) is 0. The standard InChI is InChI=1S/C13H16N2O3S/c1-4-7-15(8-5-2)12(16)10-9-19-11(14-10)13(17)18-6-3/h1,9H,5-8H2,2-3H3. The highest BCUT2D eigenvalue weighted by molar-refractivity contribution is 7.11. The fourth-order valence-corrected chi connectivity index (χ4v) is 2.14. The third-order valence-electron chi connectivity index (χ3n) is 2.24. The zero-order valence-corrected chi connectivity index (χ0v) is 11.8. The van der Waals surface area contributed by atoms with Crippen molar-refractivity contribution in [1.29, 1.82) is 0 Å². The van der Waals surface area contributed by atoms with E-state index in [-0.39, 0.29) is 29.8 Å². The molecule has 0 aliphatic rings. The number of hydrogen-bond acceptors (Lipinski definition) is 5. The van der Waals surface area contributed by atoms with Crippen LogP contribution >= 0.6 is 11.3 Å². The van der Waals surface area contributed by atoms with Crippen LogP contribution in [0.5, 0.6) is 0 Å². The average molecular weight is 280 g/mol. The van der Waals surface area contributed by atoms with Gasteiger partial charge in [-0.2, -0.15) is 0 Å². The van der Waals surface area contributed by atoms with E-state index in [2.05, 4.69) is 10.9 Å². The van der Waals surface area contributed by atoms with Gasteiger partial charge in [0.15, 0.2) is 0 Å². The van der Waals surface area contributed by atoms with Crippen molar-refractivity contribution in [2.75, 3.05) is 19.7 Å². The predicted molar refractivity (Wildman–Crippen MR) is 73.1 cm³/mol. The smallest absolute Gasteiger partial charge is 0.367 e. The summed E-state index contributed by atoms with van der Waals surface area (Å²) >= 11 is 1.09. The van der Waals surface area contributed by atoms with Crippen molar-refractivity contribution in [1.82, 2.24) is 9.88 Å². The lowest BCUT2D eigenvalue weighted by molar-refractivity contribution is 0.0526. The number of carbonyl (C=O) groups is 2. The monoisotopic (exact) mass is 280 g/mol. The SMILES string of the molecule is C#CCN(CCC)C(=O)c1csc(C(=O)OCC)n1. The molecule has 0 saturated carbocycles. The third kappa shape index (κ3) is 4.07. The van der Waals surface area contributed by atoms with Crippen molar-refractivity contribution in [3.05, 3.63) is 16.1 Å². The van der Waals surface area contributed by atoms with Crippen LogP contribution in [0.4, 0.5) is 0 Å². The molecule has 0 bridgehead atoms. The highest BCUT2D eigenvalue weighted by Crippen LogP contribution is 2.13. The number of rotatable bonds is 6. The van der Waals surface area contributed by atoms with E-state index >= 15 is 0 Å². The maximum atomic E-state index is 12.1. The van der Waals surface area contributed by atoms with Crippen LogP contribution in [0.2, 0.25) is 0 Å². The number of carbonyl (C=O) groups excluding carboxylic acids is 2. The Kier molecular flexibility index (Phi) is 6.03. The summed E-state index contributed by atoms with van der Waals surface area (Å²) in [6, 6.07) is 0. The minimum absolute atomic E-state index is 0.183. The minimum atomic E-state index is -0.509. The average Bonchev–Trinajstić information content (AvgIpc) is 2.87. The van der Waals surface area contributed by atoms with Crippen LogP contribution in [0.1, 0.15) is 40.6 Å². The van der Waals surface area contributed by atoms with Crippen molar-refractivity contribution in [2.24, 2.45) is 0 Å². The molecule has 1 heterocycles. The second-order valence-electron chi connectivity index (χ2n) is 3.69. The molecule has 1 rings (SSSR count). The summed E-state index contributed by atoms with van der Waals surface area (Å²) in [4.78, 5) is 29.1. The molecule has 0 atom stereocenters. The van der Waals surface area contributed by atoms with Gasteiger partial charge in [0.1, 0.15) is 5.69 Å². The van der Waals surface area contributed by atoms with E-state index in [1.807, 2.05) is 6.92 Å². The van der Waals surface area contributed by atoms with Crippen molar-refractivity contribution in [2.45, 2.75) is 20.3 Å². The largest absolute Gasteiger partial charge is 0.461 e. The van der Waals surface area contributed by atoms with Crippen LogP contribution in [0.3, 0.4) is 0 Å². The van der Waals surface area contributed by atoms with Gasteiger partial charge in [-0.3, -0.25) is 4.79 Å². The minimum Gasteiger partial charge on any atom is -0.461 e. The molecular formula is C13H16N2O3S. The van der Waals surface area contributed by atoms with Crippen LogP contribution in [0, 0.1) is 12.3 Å². The maximum Gasteiger partial charge on any atom is 0.367 e. The van der Waals surface area contributed by atoms with Crippen LogP contribution in [0.15, 0.2) is 5.38 Å². The fourth-order valence-electron chi connectivity index (χ4n) is 1.45. The first-order valence-electron chi connectivity index (χ1n) is 5.99. The van der Waals surface area contributed by atoms with Gasteiger partial charge in [0, 0.05) is 11.9 Å². The molecule has 19 heavy (non-hydrogen) atoms. The molecule has 0 aliphatic heterocycles. The Hall–Kier alpha value is -1.87. The van der Waals surface area contributed by atoms with E-state index in [1.165, 1.54) is 4.90 Å². The Morgan fingerprint density at radius 3 is 2.84 bits per heavy atom. The lowest BCUT2D eigenvalue weighted by Gasteiger charge is -2.17. The molecule has 0 N–H and O–H groups in total. The van der Waals surface area contributed by atoms with Gasteiger partial charge in [-0.25, -0.2) is 9.78 Å². The zero-order chi connectivity index (χ0) is 14.3. The molecule has 0 radical (unpaired) electrons. The van der Waals surface area contributed by atoms with Crippen molar-refractivity contribution in [3.63, 3.8) is 0 Å². The van der Waals surface area contributed by atoms with E-state index in [9.17, 15) is 9.59 Å². The van der Waals surface area contributed by atoms with Crippen LogP contribution in [-0.4, -0.2) is 41.5 Å². The van der Waals surface area contributed by atoms with Gasteiger partial charge < -0.3 is 9.64 Å². The molecule has 0 spiro atoms. The topological polar surface area (TPSA) is 59.5 Å². The molecule has 1 aromatic heterocycles. The van der Waals surface area contributed by atoms with Crippen LogP contribution in [0.25, 0.3) is 0 Å². The Balaban J connectivity index is 2.82. The van der Waals surface area contributed by atoms with Gasteiger partial charge in [0.2, 0.25) is 5.01 Å².